The Kier molecular flexibility index (Phi) is 6.72. The van der Waals surface area contributed by atoms with E-state index in [1.165, 1.54) is 6.07 Å². The van der Waals surface area contributed by atoms with Crippen LogP contribution in [0.2, 0.25) is 0 Å². The van der Waals surface area contributed by atoms with Crippen molar-refractivity contribution in [2.24, 2.45) is 5.92 Å². The number of aryl methyl sites for hydroxylation is 1. The van der Waals surface area contributed by atoms with Crippen LogP contribution in [-0.4, -0.2) is 26.1 Å². The van der Waals surface area contributed by atoms with Crippen LogP contribution in [0.5, 0.6) is 17.2 Å². The first kappa shape index (κ1) is 22.0. The third-order valence-corrected chi connectivity index (χ3v) is 5.72. The van der Waals surface area contributed by atoms with Gasteiger partial charge in [0.05, 0.1) is 19.8 Å². The summed E-state index contributed by atoms with van der Waals surface area (Å²) >= 11 is 0. The fraction of sp³-hybridized carbons (Fsp3) is 0.500. The molecule has 168 valence electrons. The van der Waals surface area contributed by atoms with Crippen LogP contribution >= 0.6 is 0 Å². The normalized spacial score (nSPS) is 20.0. The average Bonchev–Trinajstić information content (AvgIpc) is 2.78. The Morgan fingerprint density at radius 1 is 0.935 bits per heavy atom. The van der Waals surface area contributed by atoms with Crippen molar-refractivity contribution in [2.45, 2.75) is 52.2 Å². The lowest BCUT2D eigenvalue weighted by Crippen LogP contribution is -2.32. The van der Waals surface area contributed by atoms with Crippen molar-refractivity contribution < 1.29 is 32.1 Å². The Labute approximate surface area is 180 Å². The topological polar surface area (TPSA) is 36.9 Å². The van der Waals surface area contributed by atoms with Gasteiger partial charge in [-0.3, -0.25) is 0 Å². The minimum atomic E-state index is -1.10. The molecular formula is C24H27F3O4. The number of ether oxygens (including phenoxy) is 4. The van der Waals surface area contributed by atoms with E-state index in [0.717, 1.165) is 12.8 Å². The van der Waals surface area contributed by atoms with E-state index in [1.54, 1.807) is 19.1 Å². The molecule has 1 fully saturated rings. The van der Waals surface area contributed by atoms with Gasteiger partial charge >= 0.3 is 0 Å². The molecular weight excluding hydrogens is 409 g/mol. The summed E-state index contributed by atoms with van der Waals surface area (Å²) in [5.74, 6) is -2.77. The Morgan fingerprint density at radius 2 is 1.68 bits per heavy atom. The van der Waals surface area contributed by atoms with Gasteiger partial charge in [-0.25, -0.2) is 4.39 Å². The van der Waals surface area contributed by atoms with E-state index in [9.17, 15) is 13.2 Å². The monoisotopic (exact) mass is 436 g/mol. The minimum Gasteiger partial charge on any atom is -0.491 e. The Balaban J connectivity index is 1.49. The van der Waals surface area contributed by atoms with Gasteiger partial charge in [-0.05, 0) is 37.5 Å². The smallest absolute Gasteiger partial charge is 0.207 e. The SMILES string of the molecule is CCCC1COC(CCc2cc3c(c(F)c2F)Oc2c(ccc(OCC)c2F)C3)OC1. The van der Waals surface area contributed by atoms with Crippen LogP contribution in [0.3, 0.4) is 0 Å². The summed E-state index contributed by atoms with van der Waals surface area (Å²) in [6, 6.07) is 4.80. The molecule has 0 atom stereocenters. The predicted octanol–water partition coefficient (Wildman–Crippen LogP) is 5.92. The quantitative estimate of drug-likeness (QED) is 0.461. The highest BCUT2D eigenvalue weighted by Gasteiger charge is 2.29. The standard InChI is InChI=1S/C24H27F3O4/c1-3-5-14-12-29-19(30-13-14)9-7-15-10-17-11-16-6-8-18(28-4-2)21(26)23(16)31-24(17)22(27)20(15)25/h6,8,10,14,19H,3-5,7,9,11-13H2,1-2H3. The Hall–Kier alpha value is -2.25. The molecule has 0 amide bonds. The summed E-state index contributed by atoms with van der Waals surface area (Å²) in [5, 5.41) is 0. The van der Waals surface area contributed by atoms with E-state index < -0.39 is 23.7 Å². The molecule has 4 rings (SSSR count). The lowest BCUT2D eigenvalue weighted by atomic mass is 9.96. The van der Waals surface area contributed by atoms with Crippen molar-refractivity contribution in [1.82, 2.24) is 0 Å². The largest absolute Gasteiger partial charge is 0.491 e. The van der Waals surface area contributed by atoms with E-state index in [-0.39, 0.29) is 42.3 Å². The molecule has 2 heterocycles. The molecule has 1 saturated heterocycles. The van der Waals surface area contributed by atoms with Crippen molar-refractivity contribution in [2.75, 3.05) is 19.8 Å². The Morgan fingerprint density at radius 3 is 2.39 bits per heavy atom. The molecule has 0 saturated carbocycles. The second-order valence-corrected chi connectivity index (χ2v) is 8.02. The molecule has 0 radical (unpaired) electrons. The molecule has 0 N–H and O–H groups in total. The van der Waals surface area contributed by atoms with Gasteiger partial charge in [0.15, 0.2) is 29.4 Å². The first-order valence-electron chi connectivity index (χ1n) is 10.9. The first-order valence-corrected chi connectivity index (χ1v) is 10.9. The third kappa shape index (κ3) is 4.53. The van der Waals surface area contributed by atoms with Crippen molar-refractivity contribution in [1.29, 1.82) is 0 Å². The summed E-state index contributed by atoms with van der Waals surface area (Å²) in [6.07, 6.45) is 2.64. The van der Waals surface area contributed by atoms with Crippen LogP contribution in [0.15, 0.2) is 18.2 Å². The van der Waals surface area contributed by atoms with E-state index in [1.807, 2.05) is 0 Å². The van der Waals surface area contributed by atoms with E-state index in [4.69, 9.17) is 18.9 Å². The summed E-state index contributed by atoms with van der Waals surface area (Å²) < 4.78 is 66.3. The number of rotatable bonds is 7. The predicted molar refractivity (Wildman–Crippen MR) is 109 cm³/mol. The zero-order chi connectivity index (χ0) is 22.0. The van der Waals surface area contributed by atoms with E-state index in [0.29, 0.717) is 36.7 Å². The molecule has 2 aromatic rings. The third-order valence-electron chi connectivity index (χ3n) is 5.72. The summed E-state index contributed by atoms with van der Waals surface area (Å²) in [4.78, 5) is 0. The highest BCUT2D eigenvalue weighted by atomic mass is 19.2. The number of benzene rings is 2. The zero-order valence-electron chi connectivity index (χ0n) is 17.8. The molecule has 0 aromatic heterocycles. The molecule has 4 nitrogen and oxygen atoms in total. The lowest BCUT2D eigenvalue weighted by molar-refractivity contribution is -0.203. The maximum Gasteiger partial charge on any atom is 0.207 e. The highest BCUT2D eigenvalue weighted by molar-refractivity contribution is 5.54. The van der Waals surface area contributed by atoms with Crippen LogP contribution in [0.4, 0.5) is 13.2 Å². The number of hydrogen-bond acceptors (Lipinski definition) is 4. The van der Waals surface area contributed by atoms with Crippen LogP contribution in [0, 0.1) is 23.4 Å². The average molecular weight is 436 g/mol. The second-order valence-electron chi connectivity index (χ2n) is 8.02. The highest BCUT2D eigenvalue weighted by Crippen LogP contribution is 2.43. The number of halogens is 3. The fourth-order valence-corrected chi connectivity index (χ4v) is 4.14. The van der Waals surface area contributed by atoms with E-state index in [2.05, 4.69) is 6.92 Å². The van der Waals surface area contributed by atoms with Crippen molar-refractivity contribution in [3.8, 4) is 17.2 Å². The van der Waals surface area contributed by atoms with Crippen LogP contribution in [0.1, 0.15) is 49.8 Å². The fourth-order valence-electron chi connectivity index (χ4n) is 4.14. The van der Waals surface area contributed by atoms with Gasteiger partial charge in [-0.1, -0.05) is 19.4 Å². The maximum atomic E-state index is 14.8. The maximum absolute atomic E-state index is 14.8. The minimum absolute atomic E-state index is 0.0239. The molecule has 2 aliphatic rings. The van der Waals surface area contributed by atoms with Gasteiger partial charge in [0, 0.05) is 29.9 Å². The summed E-state index contributed by atoms with van der Waals surface area (Å²) in [5.41, 5.74) is 1.28. The van der Waals surface area contributed by atoms with Gasteiger partial charge in [-0.2, -0.15) is 8.78 Å². The molecule has 2 aliphatic heterocycles. The molecule has 0 aliphatic carbocycles. The molecule has 7 heteroatoms. The Bertz CT molecular complexity index is 939. The zero-order valence-corrected chi connectivity index (χ0v) is 17.8. The van der Waals surface area contributed by atoms with Gasteiger partial charge in [0.1, 0.15) is 0 Å². The molecule has 0 bridgehead atoms. The number of fused-ring (bicyclic) bond motifs is 2. The molecule has 31 heavy (non-hydrogen) atoms. The van der Waals surface area contributed by atoms with Gasteiger partial charge in [0.25, 0.3) is 0 Å². The molecule has 2 aromatic carbocycles. The van der Waals surface area contributed by atoms with Gasteiger partial charge in [0.2, 0.25) is 11.6 Å². The van der Waals surface area contributed by atoms with Crippen LogP contribution in [0.25, 0.3) is 0 Å². The van der Waals surface area contributed by atoms with Gasteiger partial charge in [-0.15, -0.1) is 0 Å². The first-order chi connectivity index (χ1) is 15.0. The molecule has 0 unspecified atom stereocenters. The lowest BCUT2D eigenvalue weighted by Gasteiger charge is -2.29. The van der Waals surface area contributed by atoms with Crippen molar-refractivity contribution >= 4 is 0 Å². The van der Waals surface area contributed by atoms with Crippen LogP contribution in [-0.2, 0) is 22.3 Å². The van der Waals surface area contributed by atoms with Gasteiger partial charge < -0.3 is 18.9 Å². The number of hydrogen-bond donors (Lipinski definition) is 0. The summed E-state index contributed by atoms with van der Waals surface area (Å²) in [7, 11) is 0. The van der Waals surface area contributed by atoms with E-state index >= 15 is 0 Å². The summed E-state index contributed by atoms with van der Waals surface area (Å²) in [6.45, 7) is 5.39. The van der Waals surface area contributed by atoms with Crippen molar-refractivity contribution in [3.05, 3.63) is 52.3 Å². The van der Waals surface area contributed by atoms with Crippen molar-refractivity contribution in [3.63, 3.8) is 0 Å². The molecule has 0 spiro atoms. The van der Waals surface area contributed by atoms with Crippen LogP contribution < -0.4 is 9.47 Å². The second kappa shape index (κ2) is 9.49.